The van der Waals surface area contributed by atoms with Crippen LogP contribution < -0.4 is 4.90 Å². The summed E-state index contributed by atoms with van der Waals surface area (Å²) < 4.78 is 1.86. The van der Waals surface area contributed by atoms with Gasteiger partial charge in [-0.15, -0.1) is 0 Å². The van der Waals surface area contributed by atoms with Gasteiger partial charge in [0, 0.05) is 11.6 Å². The normalized spacial score (nSPS) is 19.5. The molecule has 5 heteroatoms. The van der Waals surface area contributed by atoms with Crippen molar-refractivity contribution in [1.29, 1.82) is 0 Å². The number of hydrogen-bond acceptors (Lipinski definition) is 3. The van der Waals surface area contributed by atoms with Crippen molar-refractivity contribution in [2.45, 2.75) is 32.4 Å². The van der Waals surface area contributed by atoms with Gasteiger partial charge in [-0.3, -0.25) is 9.69 Å². The van der Waals surface area contributed by atoms with E-state index in [9.17, 15) is 4.79 Å². The van der Waals surface area contributed by atoms with E-state index < -0.39 is 0 Å². The van der Waals surface area contributed by atoms with E-state index in [-0.39, 0.29) is 18.0 Å². The summed E-state index contributed by atoms with van der Waals surface area (Å²) in [5.41, 5.74) is 2.99. The summed E-state index contributed by atoms with van der Waals surface area (Å²) in [6, 6.07) is 18.0. The van der Waals surface area contributed by atoms with Crippen LogP contribution >= 0.6 is 0 Å². The third kappa shape index (κ3) is 2.71. The topological polar surface area (TPSA) is 51.0 Å². The smallest absolute Gasteiger partial charge is 0.260 e. The third-order valence-electron chi connectivity index (χ3n) is 4.77. The van der Waals surface area contributed by atoms with Gasteiger partial charge in [-0.05, 0) is 38.0 Å². The number of carbonyl (C=O) groups excluding carboxylic acids is 1. The first-order chi connectivity index (χ1) is 12.1. The SMILES string of the molecule is Cc1ccc(C(=O)N2c3ncnn3[C@@H](c3ccccc3)C[C@@H]2C)cc1. The van der Waals surface area contributed by atoms with E-state index in [1.54, 1.807) is 4.90 Å². The summed E-state index contributed by atoms with van der Waals surface area (Å²) in [6.07, 6.45) is 2.33. The van der Waals surface area contributed by atoms with Gasteiger partial charge in [-0.25, -0.2) is 4.68 Å². The molecule has 3 aromatic rings. The number of fused-ring (bicyclic) bond motifs is 1. The van der Waals surface area contributed by atoms with E-state index in [2.05, 4.69) is 29.1 Å². The fourth-order valence-electron chi connectivity index (χ4n) is 3.44. The maximum atomic E-state index is 13.1. The predicted molar refractivity (Wildman–Crippen MR) is 96.7 cm³/mol. The lowest BCUT2D eigenvalue weighted by molar-refractivity contribution is 0.0966. The molecule has 1 aliphatic rings. The molecule has 25 heavy (non-hydrogen) atoms. The highest BCUT2D eigenvalue weighted by atomic mass is 16.2. The van der Waals surface area contributed by atoms with Crippen LogP contribution in [0.3, 0.4) is 0 Å². The molecule has 2 heterocycles. The molecule has 0 saturated carbocycles. The van der Waals surface area contributed by atoms with E-state index in [4.69, 9.17) is 0 Å². The molecule has 0 fully saturated rings. The molecule has 4 rings (SSSR count). The van der Waals surface area contributed by atoms with E-state index in [0.717, 1.165) is 12.0 Å². The predicted octanol–water partition coefficient (Wildman–Crippen LogP) is 3.61. The Bertz CT molecular complexity index is 886. The summed E-state index contributed by atoms with van der Waals surface area (Å²) in [6.45, 7) is 4.08. The molecule has 0 spiro atoms. The van der Waals surface area contributed by atoms with E-state index in [1.165, 1.54) is 11.9 Å². The largest absolute Gasteiger partial charge is 0.274 e. The molecule has 1 aliphatic heterocycles. The number of hydrogen-bond donors (Lipinski definition) is 0. The maximum Gasteiger partial charge on any atom is 0.260 e. The Morgan fingerprint density at radius 1 is 1.08 bits per heavy atom. The Kier molecular flexibility index (Phi) is 3.84. The fourth-order valence-corrected chi connectivity index (χ4v) is 3.44. The second-order valence-electron chi connectivity index (χ2n) is 6.56. The van der Waals surface area contributed by atoms with Crippen LogP contribution in [0.5, 0.6) is 0 Å². The molecule has 0 unspecified atom stereocenters. The van der Waals surface area contributed by atoms with Crippen LogP contribution in [0.2, 0.25) is 0 Å². The van der Waals surface area contributed by atoms with Crippen molar-refractivity contribution in [3.8, 4) is 0 Å². The van der Waals surface area contributed by atoms with Crippen LogP contribution in [0.1, 0.15) is 40.9 Å². The van der Waals surface area contributed by atoms with Crippen LogP contribution in [-0.4, -0.2) is 26.7 Å². The van der Waals surface area contributed by atoms with Crippen molar-refractivity contribution in [1.82, 2.24) is 14.8 Å². The number of anilines is 1. The Morgan fingerprint density at radius 3 is 2.52 bits per heavy atom. The van der Waals surface area contributed by atoms with Gasteiger partial charge in [0.1, 0.15) is 6.33 Å². The van der Waals surface area contributed by atoms with Crippen LogP contribution in [-0.2, 0) is 0 Å². The third-order valence-corrected chi connectivity index (χ3v) is 4.77. The zero-order valence-electron chi connectivity index (χ0n) is 14.3. The lowest BCUT2D eigenvalue weighted by Gasteiger charge is -2.37. The number of carbonyl (C=O) groups is 1. The zero-order valence-corrected chi connectivity index (χ0v) is 14.3. The minimum atomic E-state index is -0.0340. The van der Waals surface area contributed by atoms with Crippen molar-refractivity contribution in [2.75, 3.05) is 4.90 Å². The first-order valence-electron chi connectivity index (χ1n) is 8.50. The number of benzene rings is 2. The number of aromatic nitrogens is 3. The van der Waals surface area contributed by atoms with Gasteiger partial charge in [0.2, 0.25) is 5.95 Å². The number of nitrogens with zero attached hydrogens (tertiary/aromatic N) is 4. The molecule has 126 valence electrons. The second-order valence-corrected chi connectivity index (χ2v) is 6.56. The molecule has 2 aromatic carbocycles. The first-order valence-corrected chi connectivity index (χ1v) is 8.50. The molecular formula is C20H20N4O. The summed E-state index contributed by atoms with van der Waals surface area (Å²) in [5.74, 6) is 0.575. The lowest BCUT2D eigenvalue weighted by Crippen LogP contribution is -2.46. The van der Waals surface area contributed by atoms with Crippen LogP contribution in [0, 0.1) is 6.92 Å². The average molecular weight is 332 g/mol. The zero-order chi connectivity index (χ0) is 17.4. The van der Waals surface area contributed by atoms with Gasteiger partial charge < -0.3 is 0 Å². The molecule has 1 amide bonds. The van der Waals surface area contributed by atoms with Crippen molar-refractivity contribution < 1.29 is 4.79 Å². The summed E-state index contributed by atoms with van der Waals surface area (Å²) >= 11 is 0. The van der Waals surface area contributed by atoms with Crippen LogP contribution in [0.25, 0.3) is 0 Å². The fraction of sp³-hybridized carbons (Fsp3) is 0.250. The molecule has 0 aliphatic carbocycles. The van der Waals surface area contributed by atoms with Crippen LogP contribution in [0.4, 0.5) is 5.95 Å². The molecular weight excluding hydrogens is 312 g/mol. The van der Waals surface area contributed by atoms with E-state index >= 15 is 0 Å². The van der Waals surface area contributed by atoms with Crippen molar-refractivity contribution in [3.05, 3.63) is 77.6 Å². The first kappa shape index (κ1) is 15.6. The molecule has 2 atom stereocenters. The molecule has 1 aromatic heterocycles. The molecule has 5 nitrogen and oxygen atoms in total. The average Bonchev–Trinajstić information content (AvgIpc) is 3.11. The molecule has 0 bridgehead atoms. The second kappa shape index (κ2) is 6.16. The summed E-state index contributed by atoms with van der Waals surface area (Å²) in [5, 5.41) is 4.40. The van der Waals surface area contributed by atoms with Crippen molar-refractivity contribution in [2.24, 2.45) is 0 Å². The van der Waals surface area contributed by atoms with Gasteiger partial charge in [0.25, 0.3) is 5.91 Å². The molecule has 0 saturated heterocycles. The molecule has 0 radical (unpaired) electrons. The van der Waals surface area contributed by atoms with Gasteiger partial charge >= 0.3 is 0 Å². The van der Waals surface area contributed by atoms with Gasteiger partial charge in [0.05, 0.1) is 6.04 Å². The van der Waals surface area contributed by atoms with Gasteiger partial charge in [0.15, 0.2) is 0 Å². The highest BCUT2D eigenvalue weighted by Gasteiger charge is 2.36. The van der Waals surface area contributed by atoms with Gasteiger partial charge in [-0.2, -0.15) is 10.1 Å². The minimum absolute atomic E-state index is 0.0340. The summed E-state index contributed by atoms with van der Waals surface area (Å²) in [4.78, 5) is 19.2. The Balaban J connectivity index is 1.73. The minimum Gasteiger partial charge on any atom is -0.274 e. The Morgan fingerprint density at radius 2 is 1.80 bits per heavy atom. The standard InChI is InChI=1S/C20H20N4O/c1-14-8-10-17(11-9-14)19(25)23-15(2)12-18(16-6-4-3-5-7-16)24-20(23)21-13-22-24/h3-11,13,15,18H,12H2,1-2H3/t15-,18+/m0/s1. The van der Waals surface area contributed by atoms with Crippen LogP contribution in [0.15, 0.2) is 60.9 Å². The number of aryl methyl sites for hydroxylation is 1. The van der Waals surface area contributed by atoms with Crippen molar-refractivity contribution in [3.63, 3.8) is 0 Å². The maximum absolute atomic E-state index is 13.1. The van der Waals surface area contributed by atoms with Crippen molar-refractivity contribution >= 4 is 11.9 Å². The lowest BCUT2D eigenvalue weighted by atomic mass is 9.97. The van der Waals surface area contributed by atoms with E-state index in [0.29, 0.717) is 11.5 Å². The van der Waals surface area contributed by atoms with Gasteiger partial charge in [-0.1, -0.05) is 48.0 Å². The molecule has 0 N–H and O–H groups in total. The monoisotopic (exact) mass is 332 g/mol. The van der Waals surface area contributed by atoms with E-state index in [1.807, 2.05) is 54.1 Å². The summed E-state index contributed by atoms with van der Waals surface area (Å²) in [7, 11) is 0. The Labute approximate surface area is 146 Å². The number of rotatable bonds is 2. The quantitative estimate of drug-likeness (QED) is 0.720. The highest BCUT2D eigenvalue weighted by Crippen LogP contribution is 2.35. The number of amides is 1. The Hall–Kier alpha value is -2.95. The highest BCUT2D eigenvalue weighted by molar-refractivity contribution is 6.05.